The van der Waals surface area contributed by atoms with E-state index in [2.05, 4.69) is 50.6 Å². The fourth-order valence-electron chi connectivity index (χ4n) is 5.59. The smallest absolute Gasteiger partial charge is 0.245 e. The molecule has 0 aliphatic carbocycles. The van der Waals surface area contributed by atoms with E-state index < -0.39 is 10.1 Å². The summed E-state index contributed by atoms with van der Waals surface area (Å²) in [6, 6.07) is 16.4. The molecule has 1 fully saturated rings. The van der Waals surface area contributed by atoms with Crippen LogP contribution in [-0.4, -0.2) is 57.0 Å². The Kier molecular flexibility index (Phi) is 5.24. The van der Waals surface area contributed by atoms with Crippen molar-refractivity contribution in [3.8, 4) is 28.4 Å². The molecule has 0 spiro atoms. The number of nitrogens with zero attached hydrogens (tertiary/aromatic N) is 7. The van der Waals surface area contributed by atoms with Crippen molar-refractivity contribution in [1.29, 1.82) is 0 Å². The Morgan fingerprint density at radius 2 is 1.92 bits per heavy atom. The number of aromatic nitrogens is 6. The third-order valence-electron chi connectivity index (χ3n) is 7.75. The third-order valence-corrected chi connectivity index (χ3v) is 10.8. The molecule has 1 saturated heterocycles. The molecule has 3 aromatic heterocycles. The first kappa shape index (κ1) is 23.2. The molecule has 0 amide bonds. The van der Waals surface area contributed by atoms with Gasteiger partial charge in [0.25, 0.3) is 0 Å². The summed E-state index contributed by atoms with van der Waals surface area (Å²) >= 11 is 0. The number of ether oxygens (including phenoxy) is 1. The first-order valence-electron chi connectivity index (χ1n) is 12.9. The van der Waals surface area contributed by atoms with Crippen LogP contribution in [0.5, 0.6) is 5.88 Å². The van der Waals surface area contributed by atoms with E-state index in [0.29, 0.717) is 30.1 Å². The van der Waals surface area contributed by atoms with Gasteiger partial charge in [0.1, 0.15) is 18.3 Å². The molecule has 194 valence electrons. The number of imidazole rings is 1. The van der Waals surface area contributed by atoms with Gasteiger partial charge in [-0.25, -0.2) is 14.3 Å². The first-order chi connectivity index (χ1) is 18.5. The van der Waals surface area contributed by atoms with Gasteiger partial charge >= 0.3 is 0 Å². The zero-order valence-electron chi connectivity index (χ0n) is 21.6. The van der Waals surface area contributed by atoms with Crippen LogP contribution in [-0.2, 0) is 23.7 Å². The molecule has 2 aliphatic rings. The predicted molar refractivity (Wildman–Crippen MR) is 146 cm³/mol. The zero-order valence-corrected chi connectivity index (χ0v) is 22.5. The highest BCUT2D eigenvalue weighted by Gasteiger charge is 2.47. The van der Waals surface area contributed by atoms with Gasteiger partial charge in [-0.2, -0.15) is 10.1 Å². The fraction of sp³-hybridized carbons (Fsp3) is 0.286. The second-order valence-corrected chi connectivity index (χ2v) is 12.6. The van der Waals surface area contributed by atoms with Gasteiger partial charge in [0.15, 0.2) is 11.2 Å². The second kappa shape index (κ2) is 8.57. The molecule has 7 rings (SSSR count). The zero-order chi connectivity index (χ0) is 26.0. The Morgan fingerprint density at radius 3 is 2.71 bits per heavy atom. The number of hydrogen-bond acceptors (Lipinski definition) is 6. The summed E-state index contributed by atoms with van der Waals surface area (Å²) < 4.78 is 26.4. The van der Waals surface area contributed by atoms with E-state index in [1.807, 2.05) is 53.7 Å². The van der Waals surface area contributed by atoms with E-state index in [4.69, 9.17) is 9.72 Å². The molecular weight excluding hydrogens is 498 g/mol. The van der Waals surface area contributed by atoms with Crippen LogP contribution >= 0.6 is 0 Å². The predicted octanol–water partition coefficient (Wildman–Crippen LogP) is 4.04. The van der Waals surface area contributed by atoms with Crippen molar-refractivity contribution in [2.75, 3.05) is 13.1 Å². The van der Waals surface area contributed by atoms with Crippen molar-refractivity contribution >= 4 is 21.3 Å². The maximum atomic E-state index is 14.0. The van der Waals surface area contributed by atoms with Crippen LogP contribution in [0, 0.1) is 6.92 Å². The fourth-order valence-corrected chi connectivity index (χ4v) is 8.51. The molecule has 38 heavy (non-hydrogen) atoms. The van der Waals surface area contributed by atoms with E-state index in [0.717, 1.165) is 51.0 Å². The van der Waals surface area contributed by atoms with E-state index >= 15 is 0 Å². The van der Waals surface area contributed by atoms with Crippen LogP contribution in [0.25, 0.3) is 33.7 Å². The lowest BCUT2D eigenvalue weighted by Crippen LogP contribution is -2.28. The summed E-state index contributed by atoms with van der Waals surface area (Å²) in [5.41, 5.74) is 5.58. The quantitative estimate of drug-likeness (QED) is 0.265. The molecular formula is C28H29N7O2S. The van der Waals surface area contributed by atoms with Crippen LogP contribution < -0.4 is 4.74 Å². The Labute approximate surface area is 221 Å². The SMILES string of the molecule is CCn1ncc(-c2nc3c(O[C@H]4CCN([SH]5(=O)c6ccc(-c7ccccc7)cc65)C4)ncnc3n2C)c1C. The van der Waals surface area contributed by atoms with Crippen LogP contribution in [0.2, 0.25) is 0 Å². The van der Waals surface area contributed by atoms with Crippen molar-refractivity contribution < 1.29 is 8.95 Å². The summed E-state index contributed by atoms with van der Waals surface area (Å²) in [6.07, 6.45) is 4.01. The summed E-state index contributed by atoms with van der Waals surface area (Å²) in [5.74, 6) is 1.24. The Balaban J connectivity index is 1.12. The molecule has 5 heterocycles. The summed E-state index contributed by atoms with van der Waals surface area (Å²) in [4.78, 5) is 15.7. The van der Waals surface area contributed by atoms with Crippen LogP contribution in [0.15, 0.2) is 70.8 Å². The number of hydrogen-bond donors (Lipinski definition) is 1. The number of rotatable bonds is 6. The van der Waals surface area contributed by atoms with Gasteiger partial charge in [-0.05, 0) is 53.6 Å². The maximum Gasteiger partial charge on any atom is 0.245 e. The molecule has 2 aromatic carbocycles. The third kappa shape index (κ3) is 3.44. The van der Waals surface area contributed by atoms with E-state index in [-0.39, 0.29) is 6.10 Å². The number of fused-ring (bicyclic) bond motifs is 2. The number of aryl methyl sites for hydroxylation is 2. The summed E-state index contributed by atoms with van der Waals surface area (Å²) in [5, 5.41) is 4.47. The van der Waals surface area contributed by atoms with Crippen LogP contribution in [0.3, 0.4) is 0 Å². The maximum absolute atomic E-state index is 14.0. The molecule has 10 heteroatoms. The first-order valence-corrected chi connectivity index (χ1v) is 14.6. The van der Waals surface area contributed by atoms with Gasteiger partial charge in [-0.1, -0.05) is 36.4 Å². The lowest BCUT2D eigenvalue weighted by molar-refractivity contribution is 0.210. The topological polar surface area (TPSA) is 91.0 Å². The summed E-state index contributed by atoms with van der Waals surface area (Å²) in [7, 11) is -0.712. The largest absolute Gasteiger partial charge is 0.471 e. The molecule has 0 N–H and O–H groups in total. The van der Waals surface area contributed by atoms with Gasteiger partial charge in [0.2, 0.25) is 5.88 Å². The van der Waals surface area contributed by atoms with Crippen molar-refractivity contribution in [1.82, 2.24) is 33.6 Å². The van der Waals surface area contributed by atoms with E-state index in [1.54, 1.807) is 0 Å². The molecule has 5 aromatic rings. The Morgan fingerprint density at radius 1 is 1.08 bits per heavy atom. The molecule has 0 unspecified atom stereocenters. The minimum atomic E-state index is -2.66. The molecule has 0 radical (unpaired) electrons. The van der Waals surface area contributed by atoms with Crippen LogP contribution in [0.1, 0.15) is 19.0 Å². The van der Waals surface area contributed by atoms with Crippen molar-refractivity contribution in [3.05, 3.63) is 66.7 Å². The van der Waals surface area contributed by atoms with Crippen molar-refractivity contribution in [3.63, 3.8) is 0 Å². The highest BCUT2D eigenvalue weighted by Crippen LogP contribution is 2.52. The average molecular weight is 528 g/mol. The highest BCUT2D eigenvalue weighted by molar-refractivity contribution is 8.06. The molecule has 0 saturated carbocycles. The normalized spacial score (nSPS) is 19.0. The van der Waals surface area contributed by atoms with Crippen molar-refractivity contribution in [2.24, 2.45) is 7.05 Å². The molecule has 9 nitrogen and oxygen atoms in total. The highest BCUT2D eigenvalue weighted by atomic mass is 32.3. The van der Waals surface area contributed by atoms with Crippen molar-refractivity contribution in [2.45, 2.75) is 42.7 Å². The number of benzene rings is 2. The number of thiol groups is 1. The lowest BCUT2D eigenvalue weighted by atomic mass is 10.1. The van der Waals surface area contributed by atoms with Gasteiger partial charge in [-0.15, -0.1) is 0 Å². The second-order valence-electron chi connectivity index (χ2n) is 9.89. The van der Waals surface area contributed by atoms with Gasteiger partial charge in [0, 0.05) is 42.2 Å². The molecule has 2 aliphatic heterocycles. The average Bonchev–Trinajstić information content (AvgIpc) is 3.35. The van der Waals surface area contributed by atoms with Gasteiger partial charge < -0.3 is 9.30 Å². The molecule has 1 atom stereocenters. The van der Waals surface area contributed by atoms with Gasteiger partial charge in [-0.3, -0.25) is 8.89 Å². The lowest BCUT2D eigenvalue weighted by Gasteiger charge is -2.19. The Bertz CT molecular complexity index is 1740. The minimum Gasteiger partial charge on any atom is -0.471 e. The molecule has 0 bridgehead atoms. The minimum absolute atomic E-state index is 0.126. The van der Waals surface area contributed by atoms with E-state index in [9.17, 15) is 4.21 Å². The summed E-state index contributed by atoms with van der Waals surface area (Å²) in [6.45, 7) is 6.21. The monoisotopic (exact) mass is 527 g/mol. The van der Waals surface area contributed by atoms with Gasteiger partial charge in [0.05, 0.1) is 11.8 Å². The standard InChI is InChI=1S/C28H29N7O2S/c1-4-35-18(2)22(15-31-35)26-32-25-27(33(26)3)29-17-30-28(25)37-21-12-13-34(16-21)38(36)23-11-10-20(14-24(23)38)19-8-6-5-7-9-19/h5-11,14-15,17,21,38H,4,12-13,16H2,1-3H3/t21-/m0/s1. The van der Waals surface area contributed by atoms with Crippen LogP contribution in [0.4, 0.5) is 0 Å². The van der Waals surface area contributed by atoms with E-state index in [1.165, 1.54) is 6.33 Å². The Hall–Kier alpha value is -3.89.